The molecule has 0 aromatic rings. The molecule has 94 valence electrons. The summed E-state index contributed by atoms with van der Waals surface area (Å²) in [5.74, 6) is -0.700. The van der Waals surface area contributed by atoms with E-state index in [9.17, 15) is 10.2 Å². The Kier molecular flexibility index (Phi) is 3.01. The van der Waals surface area contributed by atoms with E-state index in [4.69, 9.17) is 14.2 Å². The van der Waals surface area contributed by atoms with E-state index in [1.807, 2.05) is 20.8 Å². The molecule has 2 fully saturated rings. The standard InChI is InChI=1S/C11H20O5/c1-4-7-8-9(15-10(2,3)14-8)16-11(7,5-12)6-13/h7-9,12-13H,4-6H2,1-3H3/t7-,8+,9-/m0/s1. The van der Waals surface area contributed by atoms with Gasteiger partial charge >= 0.3 is 0 Å². The molecule has 0 bridgehead atoms. The molecule has 0 spiro atoms. The van der Waals surface area contributed by atoms with Crippen LogP contribution in [0.5, 0.6) is 0 Å². The highest BCUT2D eigenvalue weighted by atomic mass is 16.8. The molecule has 2 N–H and O–H groups in total. The van der Waals surface area contributed by atoms with Gasteiger partial charge in [-0.25, -0.2) is 0 Å². The van der Waals surface area contributed by atoms with Gasteiger partial charge in [0.05, 0.1) is 13.2 Å². The summed E-state index contributed by atoms with van der Waals surface area (Å²) in [6.07, 6.45) is 0.0698. The highest BCUT2D eigenvalue weighted by Gasteiger charge is 2.60. The van der Waals surface area contributed by atoms with Crippen molar-refractivity contribution in [3.63, 3.8) is 0 Å². The fourth-order valence-electron chi connectivity index (χ4n) is 2.70. The third kappa shape index (κ3) is 1.67. The van der Waals surface area contributed by atoms with Crippen molar-refractivity contribution in [2.24, 2.45) is 5.92 Å². The average molecular weight is 232 g/mol. The minimum Gasteiger partial charge on any atom is -0.393 e. The predicted octanol–water partition coefficient (Wildman–Crippen LogP) is 0.244. The zero-order chi connectivity index (χ0) is 12.0. The Morgan fingerprint density at radius 1 is 1.06 bits per heavy atom. The van der Waals surface area contributed by atoms with Crippen molar-refractivity contribution < 1.29 is 24.4 Å². The van der Waals surface area contributed by atoms with Gasteiger partial charge < -0.3 is 24.4 Å². The van der Waals surface area contributed by atoms with Crippen molar-refractivity contribution in [1.82, 2.24) is 0 Å². The quantitative estimate of drug-likeness (QED) is 0.729. The first kappa shape index (κ1) is 12.3. The number of ether oxygens (including phenoxy) is 3. The van der Waals surface area contributed by atoms with Crippen LogP contribution in [-0.2, 0) is 14.2 Å². The van der Waals surface area contributed by atoms with Gasteiger partial charge in [-0.2, -0.15) is 0 Å². The predicted molar refractivity (Wildman–Crippen MR) is 55.6 cm³/mol. The second-order valence-corrected chi connectivity index (χ2v) is 4.98. The summed E-state index contributed by atoms with van der Waals surface area (Å²) in [6, 6.07) is 0. The Hall–Kier alpha value is -0.200. The Morgan fingerprint density at radius 3 is 2.19 bits per heavy atom. The van der Waals surface area contributed by atoms with E-state index in [-0.39, 0.29) is 25.2 Å². The molecule has 3 atom stereocenters. The molecule has 2 aliphatic heterocycles. The molecule has 2 saturated heterocycles. The molecule has 0 aromatic heterocycles. The van der Waals surface area contributed by atoms with Gasteiger partial charge in [-0.3, -0.25) is 0 Å². The van der Waals surface area contributed by atoms with Crippen LogP contribution in [0.15, 0.2) is 0 Å². The van der Waals surface area contributed by atoms with Gasteiger partial charge in [0.2, 0.25) is 0 Å². The lowest BCUT2D eigenvalue weighted by Crippen LogP contribution is -2.46. The monoisotopic (exact) mass is 232 g/mol. The third-order valence-corrected chi connectivity index (χ3v) is 3.49. The SMILES string of the molecule is CC[C@H]1[C@H]2OC(C)(C)O[C@H]2OC1(CO)CO. The molecule has 2 rings (SSSR count). The maximum atomic E-state index is 9.41. The molecule has 5 nitrogen and oxygen atoms in total. The minimum absolute atomic E-state index is 0.0470. The van der Waals surface area contributed by atoms with Crippen LogP contribution >= 0.6 is 0 Å². The molecule has 16 heavy (non-hydrogen) atoms. The molecule has 0 saturated carbocycles. The van der Waals surface area contributed by atoms with E-state index in [1.54, 1.807) is 0 Å². The van der Waals surface area contributed by atoms with Crippen LogP contribution in [0.25, 0.3) is 0 Å². The van der Waals surface area contributed by atoms with E-state index in [2.05, 4.69) is 0 Å². The number of aliphatic hydroxyl groups excluding tert-OH is 2. The lowest BCUT2D eigenvalue weighted by atomic mass is 9.84. The van der Waals surface area contributed by atoms with E-state index in [0.717, 1.165) is 6.42 Å². The first-order valence-electron chi connectivity index (χ1n) is 5.73. The van der Waals surface area contributed by atoms with Crippen molar-refractivity contribution >= 4 is 0 Å². The molecule has 0 unspecified atom stereocenters. The van der Waals surface area contributed by atoms with E-state index in [1.165, 1.54) is 0 Å². The molecular formula is C11H20O5. The lowest BCUT2D eigenvalue weighted by molar-refractivity contribution is -0.245. The number of aliphatic hydroxyl groups is 2. The van der Waals surface area contributed by atoms with E-state index in [0.29, 0.717) is 0 Å². The van der Waals surface area contributed by atoms with Gasteiger partial charge in [0.15, 0.2) is 12.1 Å². The van der Waals surface area contributed by atoms with Crippen molar-refractivity contribution in [2.45, 2.75) is 51.0 Å². The van der Waals surface area contributed by atoms with Crippen molar-refractivity contribution in [1.29, 1.82) is 0 Å². The number of fused-ring (bicyclic) bond motifs is 1. The molecular weight excluding hydrogens is 212 g/mol. The summed E-state index contributed by atoms with van der Waals surface area (Å²) >= 11 is 0. The van der Waals surface area contributed by atoms with Gasteiger partial charge in [-0.1, -0.05) is 6.92 Å². The number of rotatable bonds is 3. The van der Waals surface area contributed by atoms with Crippen LogP contribution in [0.4, 0.5) is 0 Å². The maximum absolute atomic E-state index is 9.41. The number of hydrogen-bond donors (Lipinski definition) is 2. The minimum atomic E-state index is -0.930. The molecule has 0 aliphatic carbocycles. The van der Waals surface area contributed by atoms with Gasteiger partial charge in [0.25, 0.3) is 0 Å². The highest BCUT2D eigenvalue weighted by Crippen LogP contribution is 2.46. The second-order valence-electron chi connectivity index (χ2n) is 4.98. The van der Waals surface area contributed by atoms with Gasteiger partial charge in [-0.05, 0) is 20.3 Å². The fraction of sp³-hybridized carbons (Fsp3) is 1.00. The fourth-order valence-corrected chi connectivity index (χ4v) is 2.70. The topological polar surface area (TPSA) is 68.2 Å². The Balaban J connectivity index is 2.21. The summed E-state index contributed by atoms with van der Waals surface area (Å²) in [4.78, 5) is 0. The maximum Gasteiger partial charge on any atom is 0.188 e. The summed E-state index contributed by atoms with van der Waals surface area (Å²) < 4.78 is 17.0. The Bertz CT molecular complexity index is 261. The normalized spacial score (nSPS) is 39.9. The average Bonchev–Trinajstić information content (AvgIpc) is 2.66. The molecule has 0 aromatic carbocycles. The van der Waals surface area contributed by atoms with Crippen LogP contribution < -0.4 is 0 Å². The molecule has 0 radical (unpaired) electrons. The van der Waals surface area contributed by atoms with Crippen LogP contribution in [0.1, 0.15) is 27.2 Å². The summed E-state index contributed by atoms with van der Waals surface area (Å²) in [7, 11) is 0. The molecule has 5 heteroatoms. The van der Waals surface area contributed by atoms with E-state index >= 15 is 0 Å². The van der Waals surface area contributed by atoms with Gasteiger partial charge in [0.1, 0.15) is 11.7 Å². The summed E-state index contributed by atoms with van der Waals surface area (Å²) in [5, 5.41) is 18.8. The third-order valence-electron chi connectivity index (χ3n) is 3.49. The molecule has 2 heterocycles. The second kappa shape index (κ2) is 3.92. The van der Waals surface area contributed by atoms with Gasteiger partial charge in [0, 0.05) is 5.92 Å². The highest BCUT2D eigenvalue weighted by molar-refractivity contribution is 5.01. The zero-order valence-electron chi connectivity index (χ0n) is 9.97. The Labute approximate surface area is 95.3 Å². The van der Waals surface area contributed by atoms with Crippen LogP contribution in [0.3, 0.4) is 0 Å². The first-order valence-corrected chi connectivity index (χ1v) is 5.73. The summed E-state index contributed by atoms with van der Waals surface area (Å²) in [5.41, 5.74) is -0.930. The van der Waals surface area contributed by atoms with Crippen LogP contribution in [-0.4, -0.2) is 47.2 Å². The van der Waals surface area contributed by atoms with Crippen LogP contribution in [0.2, 0.25) is 0 Å². The van der Waals surface area contributed by atoms with Gasteiger partial charge in [-0.15, -0.1) is 0 Å². The largest absolute Gasteiger partial charge is 0.393 e. The Morgan fingerprint density at radius 2 is 1.69 bits per heavy atom. The van der Waals surface area contributed by atoms with Crippen molar-refractivity contribution in [2.75, 3.05) is 13.2 Å². The smallest absolute Gasteiger partial charge is 0.188 e. The molecule has 0 amide bonds. The van der Waals surface area contributed by atoms with Crippen molar-refractivity contribution in [3.05, 3.63) is 0 Å². The van der Waals surface area contributed by atoms with E-state index < -0.39 is 17.7 Å². The number of hydrogen-bond acceptors (Lipinski definition) is 5. The van der Waals surface area contributed by atoms with Crippen LogP contribution in [0, 0.1) is 5.92 Å². The first-order chi connectivity index (χ1) is 7.48. The lowest BCUT2D eigenvalue weighted by Gasteiger charge is -2.33. The summed E-state index contributed by atoms with van der Waals surface area (Å²) in [6.45, 7) is 5.22. The molecule has 2 aliphatic rings. The zero-order valence-corrected chi connectivity index (χ0v) is 9.97. The van der Waals surface area contributed by atoms with Crippen molar-refractivity contribution in [3.8, 4) is 0 Å².